The standard InChI is InChI=1S/C20H20FNO4/c1-13-15-12-14(24-3)8-9-17(15)26-19(13)20(23)22(2)10-11-25-18-7-5-4-6-16(18)21/h4-9,12H,10-11H2,1-3H3. The summed E-state index contributed by atoms with van der Waals surface area (Å²) >= 11 is 0. The number of para-hydroxylation sites is 1. The zero-order chi connectivity index (χ0) is 18.7. The van der Waals surface area contributed by atoms with Crippen molar-refractivity contribution in [2.75, 3.05) is 27.3 Å². The predicted molar refractivity (Wildman–Crippen MR) is 96.4 cm³/mol. The fourth-order valence-electron chi connectivity index (χ4n) is 2.66. The lowest BCUT2D eigenvalue weighted by Gasteiger charge is -2.16. The number of nitrogens with zero attached hydrogens (tertiary/aromatic N) is 1. The minimum atomic E-state index is -0.427. The maximum atomic E-state index is 13.5. The monoisotopic (exact) mass is 357 g/mol. The van der Waals surface area contributed by atoms with Crippen molar-refractivity contribution >= 4 is 16.9 Å². The van der Waals surface area contributed by atoms with Crippen molar-refractivity contribution in [3.05, 3.63) is 59.6 Å². The number of fused-ring (bicyclic) bond motifs is 1. The average Bonchev–Trinajstić information content (AvgIpc) is 2.98. The number of ether oxygens (including phenoxy) is 2. The summed E-state index contributed by atoms with van der Waals surface area (Å²) in [6.07, 6.45) is 0. The lowest BCUT2D eigenvalue weighted by Crippen LogP contribution is -2.31. The Balaban J connectivity index is 1.69. The Bertz CT molecular complexity index is 935. The first kappa shape index (κ1) is 17.8. The molecular weight excluding hydrogens is 337 g/mol. The largest absolute Gasteiger partial charge is 0.497 e. The molecule has 6 heteroatoms. The van der Waals surface area contributed by atoms with E-state index in [1.165, 1.54) is 11.0 Å². The Kier molecular flexibility index (Phi) is 5.11. The first-order valence-electron chi connectivity index (χ1n) is 8.21. The SMILES string of the molecule is COc1ccc2oc(C(=O)N(C)CCOc3ccccc3F)c(C)c2c1. The van der Waals surface area contributed by atoms with Gasteiger partial charge in [-0.3, -0.25) is 4.79 Å². The van der Waals surface area contributed by atoms with Crippen molar-refractivity contribution in [1.82, 2.24) is 4.90 Å². The Morgan fingerprint density at radius 1 is 1.23 bits per heavy atom. The average molecular weight is 357 g/mol. The maximum absolute atomic E-state index is 13.5. The molecule has 0 aliphatic heterocycles. The Labute approximate surface area is 150 Å². The summed E-state index contributed by atoms with van der Waals surface area (Å²) in [7, 11) is 3.24. The van der Waals surface area contributed by atoms with Crippen molar-refractivity contribution in [2.45, 2.75) is 6.92 Å². The van der Waals surface area contributed by atoms with Crippen LogP contribution in [0, 0.1) is 12.7 Å². The van der Waals surface area contributed by atoms with Crippen LogP contribution in [-0.2, 0) is 0 Å². The van der Waals surface area contributed by atoms with E-state index in [0.717, 1.165) is 10.9 Å². The van der Waals surface area contributed by atoms with Crippen LogP contribution in [0.3, 0.4) is 0 Å². The molecule has 26 heavy (non-hydrogen) atoms. The number of amides is 1. The maximum Gasteiger partial charge on any atom is 0.289 e. The molecule has 0 aliphatic carbocycles. The second-order valence-corrected chi connectivity index (χ2v) is 5.92. The molecule has 0 N–H and O–H groups in total. The van der Waals surface area contributed by atoms with Gasteiger partial charge < -0.3 is 18.8 Å². The number of hydrogen-bond donors (Lipinski definition) is 0. The van der Waals surface area contributed by atoms with Crippen molar-refractivity contribution in [3.8, 4) is 11.5 Å². The number of methoxy groups -OCH3 is 1. The molecule has 0 spiro atoms. The summed E-state index contributed by atoms with van der Waals surface area (Å²) in [5.74, 6) is 0.465. The highest BCUT2D eigenvalue weighted by atomic mass is 19.1. The highest BCUT2D eigenvalue weighted by Gasteiger charge is 2.21. The summed E-state index contributed by atoms with van der Waals surface area (Å²) in [6, 6.07) is 11.6. The molecule has 0 saturated heterocycles. The van der Waals surface area contributed by atoms with Gasteiger partial charge in [0.1, 0.15) is 17.9 Å². The summed E-state index contributed by atoms with van der Waals surface area (Å²) in [4.78, 5) is 14.2. The number of likely N-dealkylation sites (N-methyl/N-ethyl adjacent to an activating group) is 1. The van der Waals surface area contributed by atoms with Gasteiger partial charge in [0.05, 0.1) is 13.7 Å². The number of rotatable bonds is 6. The molecule has 1 heterocycles. The highest BCUT2D eigenvalue weighted by molar-refractivity contribution is 5.99. The Hall–Kier alpha value is -3.02. The van der Waals surface area contributed by atoms with E-state index in [1.807, 2.05) is 13.0 Å². The zero-order valence-electron chi connectivity index (χ0n) is 14.9. The van der Waals surface area contributed by atoms with Crippen molar-refractivity contribution < 1.29 is 23.1 Å². The first-order chi connectivity index (χ1) is 12.5. The van der Waals surface area contributed by atoms with Gasteiger partial charge in [-0.1, -0.05) is 12.1 Å². The second-order valence-electron chi connectivity index (χ2n) is 5.92. The Morgan fingerprint density at radius 2 is 2.00 bits per heavy atom. The van der Waals surface area contributed by atoms with Crippen molar-refractivity contribution in [1.29, 1.82) is 0 Å². The van der Waals surface area contributed by atoms with Crippen LogP contribution in [0.25, 0.3) is 11.0 Å². The van der Waals surface area contributed by atoms with Gasteiger partial charge in [-0.05, 0) is 37.3 Å². The van der Waals surface area contributed by atoms with E-state index < -0.39 is 5.82 Å². The van der Waals surface area contributed by atoms with Crippen LogP contribution in [-0.4, -0.2) is 38.1 Å². The molecule has 0 fully saturated rings. The third-order valence-corrected chi connectivity index (χ3v) is 4.21. The minimum absolute atomic E-state index is 0.167. The molecule has 5 nitrogen and oxygen atoms in total. The van der Waals surface area contributed by atoms with Crippen LogP contribution in [0.5, 0.6) is 11.5 Å². The van der Waals surface area contributed by atoms with Gasteiger partial charge in [0.15, 0.2) is 17.3 Å². The lowest BCUT2D eigenvalue weighted by atomic mass is 10.1. The molecular formula is C20H20FNO4. The predicted octanol–water partition coefficient (Wildman–Crippen LogP) is 4.04. The number of furan rings is 1. The van der Waals surface area contributed by atoms with Gasteiger partial charge in [-0.2, -0.15) is 0 Å². The molecule has 3 rings (SSSR count). The van der Waals surface area contributed by atoms with Crippen molar-refractivity contribution in [2.24, 2.45) is 0 Å². The van der Waals surface area contributed by atoms with E-state index in [1.54, 1.807) is 44.5 Å². The van der Waals surface area contributed by atoms with E-state index in [-0.39, 0.29) is 24.0 Å². The third-order valence-electron chi connectivity index (χ3n) is 4.21. The normalized spacial score (nSPS) is 10.8. The third kappa shape index (κ3) is 3.49. The van der Waals surface area contributed by atoms with Crippen LogP contribution < -0.4 is 9.47 Å². The number of carbonyl (C=O) groups excluding carboxylic acids is 1. The van der Waals surface area contributed by atoms with E-state index in [2.05, 4.69) is 0 Å². The van der Waals surface area contributed by atoms with Gasteiger partial charge in [0.2, 0.25) is 0 Å². The molecule has 0 aliphatic rings. The second kappa shape index (κ2) is 7.47. The topological polar surface area (TPSA) is 51.9 Å². The molecule has 0 saturated carbocycles. The van der Waals surface area contributed by atoms with Gasteiger partial charge in [-0.15, -0.1) is 0 Å². The van der Waals surface area contributed by atoms with Gasteiger partial charge in [0.25, 0.3) is 5.91 Å². The van der Waals surface area contributed by atoms with Gasteiger partial charge in [-0.25, -0.2) is 4.39 Å². The van der Waals surface area contributed by atoms with E-state index >= 15 is 0 Å². The van der Waals surface area contributed by atoms with E-state index in [9.17, 15) is 9.18 Å². The quantitative estimate of drug-likeness (QED) is 0.668. The number of carbonyl (C=O) groups is 1. The molecule has 3 aromatic rings. The molecule has 0 unspecified atom stereocenters. The van der Waals surface area contributed by atoms with E-state index in [0.29, 0.717) is 17.9 Å². The van der Waals surface area contributed by atoms with Crippen LogP contribution in [0.4, 0.5) is 4.39 Å². The smallest absolute Gasteiger partial charge is 0.289 e. The lowest BCUT2D eigenvalue weighted by molar-refractivity contribution is 0.0743. The number of aryl methyl sites for hydroxylation is 1. The molecule has 1 amide bonds. The summed E-state index contributed by atoms with van der Waals surface area (Å²) in [5, 5.41) is 0.837. The summed E-state index contributed by atoms with van der Waals surface area (Å²) in [5.41, 5.74) is 1.38. The van der Waals surface area contributed by atoms with Crippen LogP contribution >= 0.6 is 0 Å². The highest BCUT2D eigenvalue weighted by Crippen LogP contribution is 2.29. The zero-order valence-corrected chi connectivity index (χ0v) is 14.9. The fraction of sp³-hybridized carbons (Fsp3) is 0.250. The molecule has 2 aromatic carbocycles. The summed E-state index contributed by atoms with van der Waals surface area (Å²) in [6.45, 7) is 2.31. The van der Waals surface area contributed by atoms with Gasteiger partial charge in [0, 0.05) is 18.0 Å². The molecule has 0 bridgehead atoms. The minimum Gasteiger partial charge on any atom is -0.497 e. The molecule has 136 valence electrons. The summed E-state index contributed by atoms with van der Waals surface area (Å²) < 4.78 is 29.9. The van der Waals surface area contributed by atoms with Crippen LogP contribution in [0.1, 0.15) is 16.1 Å². The number of benzene rings is 2. The van der Waals surface area contributed by atoms with Crippen LogP contribution in [0.15, 0.2) is 46.9 Å². The fourth-order valence-corrected chi connectivity index (χ4v) is 2.66. The number of hydrogen-bond acceptors (Lipinski definition) is 4. The van der Waals surface area contributed by atoms with E-state index in [4.69, 9.17) is 13.9 Å². The molecule has 0 radical (unpaired) electrons. The number of halogens is 1. The first-order valence-corrected chi connectivity index (χ1v) is 8.21. The molecule has 0 atom stereocenters. The Morgan fingerprint density at radius 3 is 2.73 bits per heavy atom. The van der Waals surface area contributed by atoms with Gasteiger partial charge >= 0.3 is 0 Å². The van der Waals surface area contributed by atoms with Crippen LogP contribution in [0.2, 0.25) is 0 Å². The van der Waals surface area contributed by atoms with Crippen molar-refractivity contribution in [3.63, 3.8) is 0 Å². The molecule has 1 aromatic heterocycles.